The summed E-state index contributed by atoms with van der Waals surface area (Å²) in [7, 11) is 0. The second kappa shape index (κ2) is 12.3. The lowest BCUT2D eigenvalue weighted by Crippen LogP contribution is -2.14. The average molecular weight is 677 g/mol. The number of hydrogen-bond donors (Lipinski definition) is 0. The van der Waals surface area contributed by atoms with E-state index >= 15 is 0 Å². The molecule has 2 nitrogen and oxygen atoms in total. The van der Waals surface area contributed by atoms with Crippen LogP contribution in [0, 0.1) is 0 Å². The maximum absolute atomic E-state index is 5.22. The Labute approximate surface area is 310 Å². The van der Waals surface area contributed by atoms with E-state index in [1.54, 1.807) is 0 Å². The molecule has 10 rings (SSSR count). The summed E-state index contributed by atoms with van der Waals surface area (Å²) in [5.74, 6) is 0.716. The van der Waals surface area contributed by atoms with Crippen molar-refractivity contribution in [3.63, 3.8) is 0 Å². The summed E-state index contributed by atoms with van der Waals surface area (Å²) in [6, 6.07) is 65.4. The smallest absolute Gasteiger partial charge is 0.160 e. The molecule has 0 fully saturated rings. The van der Waals surface area contributed by atoms with Gasteiger partial charge >= 0.3 is 0 Å². The zero-order valence-electron chi connectivity index (χ0n) is 29.7. The van der Waals surface area contributed by atoms with Gasteiger partial charge in [0.15, 0.2) is 5.82 Å². The van der Waals surface area contributed by atoms with Crippen LogP contribution >= 0.6 is 0 Å². The molecule has 0 radical (unpaired) electrons. The molecular formula is C51H36N2. The first-order valence-corrected chi connectivity index (χ1v) is 18.3. The number of fused-ring (bicyclic) bond motifs is 5. The first kappa shape index (κ1) is 31.1. The highest BCUT2D eigenvalue weighted by molar-refractivity contribution is 6.05. The molecule has 0 amide bonds. The molecule has 2 heteroatoms. The summed E-state index contributed by atoms with van der Waals surface area (Å²) in [6.45, 7) is 4.68. The number of benzene rings is 8. The van der Waals surface area contributed by atoms with Gasteiger partial charge in [-0.2, -0.15) is 0 Å². The van der Waals surface area contributed by atoms with E-state index in [4.69, 9.17) is 9.97 Å². The molecule has 0 saturated carbocycles. The summed E-state index contributed by atoms with van der Waals surface area (Å²) < 4.78 is 0. The molecule has 9 aromatic rings. The van der Waals surface area contributed by atoms with Crippen molar-refractivity contribution >= 4 is 21.5 Å². The third-order valence-corrected chi connectivity index (χ3v) is 11.1. The fourth-order valence-electron chi connectivity index (χ4n) is 8.49. The van der Waals surface area contributed by atoms with Crippen LogP contribution in [0.1, 0.15) is 25.0 Å². The Morgan fingerprint density at radius 2 is 0.868 bits per heavy atom. The zero-order valence-corrected chi connectivity index (χ0v) is 29.7. The van der Waals surface area contributed by atoms with E-state index in [-0.39, 0.29) is 5.41 Å². The summed E-state index contributed by atoms with van der Waals surface area (Å²) in [6.07, 6.45) is 0. The molecule has 1 aromatic heterocycles. The third-order valence-electron chi connectivity index (χ3n) is 11.1. The maximum Gasteiger partial charge on any atom is 0.160 e. The lowest BCUT2D eigenvalue weighted by Gasteiger charge is -2.21. The minimum Gasteiger partial charge on any atom is -0.228 e. The summed E-state index contributed by atoms with van der Waals surface area (Å²) in [5.41, 5.74) is 15.4. The van der Waals surface area contributed by atoms with Crippen LogP contribution in [0.4, 0.5) is 0 Å². The van der Waals surface area contributed by atoms with Crippen LogP contribution < -0.4 is 0 Å². The Morgan fingerprint density at radius 3 is 1.64 bits per heavy atom. The molecule has 0 N–H and O–H groups in total. The maximum atomic E-state index is 5.22. The highest BCUT2D eigenvalue weighted by Crippen LogP contribution is 2.52. The van der Waals surface area contributed by atoms with Gasteiger partial charge in [0.05, 0.1) is 11.4 Å². The van der Waals surface area contributed by atoms with Gasteiger partial charge in [-0.25, -0.2) is 9.97 Å². The van der Waals surface area contributed by atoms with Gasteiger partial charge in [0.1, 0.15) is 0 Å². The monoisotopic (exact) mass is 676 g/mol. The lowest BCUT2D eigenvalue weighted by atomic mass is 9.82. The van der Waals surface area contributed by atoms with Crippen LogP contribution in [0.5, 0.6) is 0 Å². The van der Waals surface area contributed by atoms with Gasteiger partial charge in [0.2, 0.25) is 0 Å². The Hall–Kier alpha value is -6.64. The summed E-state index contributed by atoms with van der Waals surface area (Å²) >= 11 is 0. The van der Waals surface area contributed by atoms with Crippen molar-refractivity contribution in [1.29, 1.82) is 0 Å². The average Bonchev–Trinajstić information content (AvgIpc) is 3.46. The summed E-state index contributed by atoms with van der Waals surface area (Å²) in [4.78, 5) is 10.4. The van der Waals surface area contributed by atoms with Gasteiger partial charge in [0, 0.05) is 22.1 Å². The molecule has 0 atom stereocenters. The Bertz CT molecular complexity index is 2840. The molecule has 1 aliphatic rings. The van der Waals surface area contributed by atoms with Crippen LogP contribution in [0.15, 0.2) is 182 Å². The molecule has 8 aromatic carbocycles. The highest BCUT2D eigenvalue weighted by atomic mass is 14.9. The molecule has 0 unspecified atom stereocenters. The fraction of sp³-hybridized carbons (Fsp3) is 0.0588. The largest absolute Gasteiger partial charge is 0.228 e. The van der Waals surface area contributed by atoms with E-state index in [1.807, 2.05) is 18.2 Å². The van der Waals surface area contributed by atoms with Gasteiger partial charge < -0.3 is 0 Å². The number of nitrogens with zero attached hydrogens (tertiary/aromatic N) is 2. The van der Waals surface area contributed by atoms with Crippen LogP contribution in [0.2, 0.25) is 0 Å². The molecule has 0 bridgehead atoms. The van der Waals surface area contributed by atoms with Crippen molar-refractivity contribution in [2.45, 2.75) is 19.3 Å². The number of hydrogen-bond acceptors (Lipinski definition) is 2. The van der Waals surface area contributed by atoms with Crippen molar-refractivity contribution in [1.82, 2.24) is 9.97 Å². The van der Waals surface area contributed by atoms with Gasteiger partial charge in [-0.1, -0.05) is 190 Å². The van der Waals surface area contributed by atoms with E-state index in [1.165, 1.54) is 60.7 Å². The van der Waals surface area contributed by atoms with Gasteiger partial charge in [-0.15, -0.1) is 0 Å². The second-order valence-corrected chi connectivity index (χ2v) is 14.5. The van der Waals surface area contributed by atoms with Crippen molar-refractivity contribution in [3.8, 4) is 67.3 Å². The third kappa shape index (κ3) is 5.10. The zero-order chi connectivity index (χ0) is 35.5. The van der Waals surface area contributed by atoms with Crippen LogP contribution in [-0.2, 0) is 5.41 Å². The fourth-order valence-corrected chi connectivity index (χ4v) is 8.49. The molecule has 0 spiro atoms. The first-order chi connectivity index (χ1) is 26.0. The van der Waals surface area contributed by atoms with Crippen molar-refractivity contribution in [2.75, 3.05) is 0 Å². The predicted octanol–water partition coefficient (Wildman–Crippen LogP) is 13.4. The molecule has 0 aliphatic heterocycles. The van der Waals surface area contributed by atoms with E-state index in [0.717, 1.165) is 33.5 Å². The van der Waals surface area contributed by atoms with E-state index in [2.05, 4.69) is 178 Å². The Kier molecular flexibility index (Phi) is 7.19. The minimum atomic E-state index is -0.0241. The quantitative estimate of drug-likeness (QED) is 0.181. The summed E-state index contributed by atoms with van der Waals surface area (Å²) in [5, 5.41) is 4.73. The molecule has 1 heterocycles. The van der Waals surface area contributed by atoms with E-state index < -0.39 is 0 Å². The number of rotatable bonds is 5. The SMILES string of the molecule is CC1(C)c2ccccc2-c2c(-c3ccc(-c4ccc(-c5cc(-c6cccc7ccccc67)nc(-c6ccccc6)n5)c5ccccc45)cc3)cccc21. The molecule has 1 aliphatic carbocycles. The van der Waals surface area contributed by atoms with E-state index in [0.29, 0.717) is 5.82 Å². The first-order valence-electron chi connectivity index (χ1n) is 18.3. The highest BCUT2D eigenvalue weighted by Gasteiger charge is 2.36. The van der Waals surface area contributed by atoms with Crippen molar-refractivity contribution in [3.05, 3.63) is 193 Å². The van der Waals surface area contributed by atoms with Crippen LogP contribution in [-0.4, -0.2) is 9.97 Å². The normalized spacial score (nSPS) is 12.9. The van der Waals surface area contributed by atoms with Crippen LogP contribution in [0.25, 0.3) is 88.8 Å². The Balaban J connectivity index is 1.09. The van der Waals surface area contributed by atoms with Crippen molar-refractivity contribution < 1.29 is 0 Å². The minimum absolute atomic E-state index is 0.0241. The predicted molar refractivity (Wildman–Crippen MR) is 222 cm³/mol. The topological polar surface area (TPSA) is 25.8 Å². The standard InChI is InChI=1S/C51H36N2/c1-51(2)45-24-11-10-21-44(45)49-39(22-13-25-46(49)51)35-28-26-34(27-29-35)38-30-31-43(41-20-9-8-19-40(38)41)48-32-47(52-50(53-48)36-15-4-3-5-16-36)42-23-12-17-33-14-6-7-18-37(33)42/h3-32H,1-2H3. The Morgan fingerprint density at radius 1 is 0.358 bits per heavy atom. The molecule has 53 heavy (non-hydrogen) atoms. The van der Waals surface area contributed by atoms with Crippen LogP contribution in [0.3, 0.4) is 0 Å². The van der Waals surface area contributed by atoms with E-state index in [9.17, 15) is 0 Å². The number of aromatic nitrogens is 2. The second-order valence-electron chi connectivity index (χ2n) is 14.5. The van der Waals surface area contributed by atoms with Gasteiger partial charge in [0.25, 0.3) is 0 Å². The van der Waals surface area contributed by atoms with Crippen molar-refractivity contribution in [2.24, 2.45) is 0 Å². The van der Waals surface area contributed by atoms with Gasteiger partial charge in [-0.3, -0.25) is 0 Å². The molecule has 0 saturated heterocycles. The molecular weight excluding hydrogens is 641 g/mol. The lowest BCUT2D eigenvalue weighted by molar-refractivity contribution is 0.660. The van der Waals surface area contributed by atoms with Gasteiger partial charge in [-0.05, 0) is 72.1 Å². The molecule has 250 valence electrons.